The highest BCUT2D eigenvalue weighted by atomic mass is 32.2. The highest BCUT2D eigenvalue weighted by molar-refractivity contribution is 7.89. The first-order chi connectivity index (χ1) is 17.6. The van der Waals surface area contributed by atoms with E-state index in [1.807, 2.05) is 4.90 Å². The number of piperazine rings is 1. The van der Waals surface area contributed by atoms with E-state index in [1.165, 1.54) is 6.07 Å². The van der Waals surface area contributed by atoms with Crippen molar-refractivity contribution in [3.05, 3.63) is 101 Å². The summed E-state index contributed by atoms with van der Waals surface area (Å²) in [6.07, 6.45) is -5.20. The Bertz CT molecular complexity index is 1310. The van der Waals surface area contributed by atoms with Crippen molar-refractivity contribution in [1.29, 1.82) is 0 Å². The standard InChI is InChI=1S/C26H25F5N2O3S/c27-22-9-10-23(28)24(18-22)37(34,35)33-13-11-32(12-14-33)15-16-36-25(19-5-2-1-3-6-19)20-7-4-8-21(17-20)26(29,30)31/h1-10,17-18,25H,11-16H2/t25-/m1/s1. The molecule has 0 spiro atoms. The van der Waals surface area contributed by atoms with E-state index in [1.54, 1.807) is 36.4 Å². The minimum Gasteiger partial charge on any atom is -0.367 e. The lowest BCUT2D eigenvalue weighted by Crippen LogP contribution is -2.49. The Morgan fingerprint density at radius 2 is 1.51 bits per heavy atom. The second kappa shape index (κ2) is 11.3. The van der Waals surface area contributed by atoms with Gasteiger partial charge >= 0.3 is 6.18 Å². The van der Waals surface area contributed by atoms with Crippen LogP contribution in [0.5, 0.6) is 0 Å². The smallest absolute Gasteiger partial charge is 0.367 e. The summed E-state index contributed by atoms with van der Waals surface area (Å²) in [6, 6.07) is 16.2. The van der Waals surface area contributed by atoms with Gasteiger partial charge in [0.1, 0.15) is 22.6 Å². The van der Waals surface area contributed by atoms with Gasteiger partial charge in [-0.1, -0.05) is 42.5 Å². The molecule has 1 aliphatic heterocycles. The average Bonchev–Trinajstić information content (AvgIpc) is 2.88. The Kier molecular flexibility index (Phi) is 8.27. The molecular weight excluding hydrogens is 515 g/mol. The third kappa shape index (κ3) is 6.53. The molecule has 0 bridgehead atoms. The van der Waals surface area contributed by atoms with Crippen molar-refractivity contribution < 1.29 is 35.1 Å². The van der Waals surface area contributed by atoms with E-state index >= 15 is 0 Å². The second-order valence-electron chi connectivity index (χ2n) is 8.61. The number of benzene rings is 3. The van der Waals surface area contributed by atoms with E-state index in [4.69, 9.17) is 4.74 Å². The molecule has 1 heterocycles. The van der Waals surface area contributed by atoms with Gasteiger partial charge in [0.25, 0.3) is 0 Å². The Morgan fingerprint density at radius 1 is 0.838 bits per heavy atom. The minimum atomic E-state index is -4.48. The highest BCUT2D eigenvalue weighted by Gasteiger charge is 2.32. The first-order valence-electron chi connectivity index (χ1n) is 11.6. The Labute approximate surface area is 212 Å². The van der Waals surface area contributed by atoms with Crippen LogP contribution in [0.2, 0.25) is 0 Å². The summed E-state index contributed by atoms with van der Waals surface area (Å²) in [4.78, 5) is 1.25. The van der Waals surface area contributed by atoms with Crippen molar-refractivity contribution in [3.8, 4) is 0 Å². The molecule has 198 valence electrons. The van der Waals surface area contributed by atoms with E-state index in [-0.39, 0.29) is 19.7 Å². The van der Waals surface area contributed by atoms with Crippen LogP contribution in [0, 0.1) is 11.6 Å². The van der Waals surface area contributed by atoms with Crippen molar-refractivity contribution in [3.63, 3.8) is 0 Å². The fourth-order valence-electron chi connectivity index (χ4n) is 4.20. The molecule has 0 unspecified atom stereocenters. The lowest BCUT2D eigenvalue weighted by Gasteiger charge is -2.34. The molecule has 37 heavy (non-hydrogen) atoms. The Morgan fingerprint density at radius 3 is 2.19 bits per heavy atom. The normalized spacial score (nSPS) is 16.6. The number of ether oxygens (including phenoxy) is 1. The molecule has 3 aromatic carbocycles. The number of nitrogens with zero attached hydrogens (tertiary/aromatic N) is 2. The molecule has 3 aromatic rings. The van der Waals surface area contributed by atoms with Crippen LogP contribution in [0.4, 0.5) is 22.0 Å². The van der Waals surface area contributed by atoms with Gasteiger partial charge in [-0.05, 0) is 41.5 Å². The van der Waals surface area contributed by atoms with Gasteiger partial charge in [-0.25, -0.2) is 17.2 Å². The van der Waals surface area contributed by atoms with Crippen LogP contribution < -0.4 is 0 Å². The Hall–Kier alpha value is -2.86. The summed E-state index contributed by atoms with van der Waals surface area (Å²) in [5.41, 5.74) is 0.311. The van der Waals surface area contributed by atoms with Gasteiger partial charge in [-0.3, -0.25) is 4.90 Å². The van der Waals surface area contributed by atoms with Gasteiger partial charge < -0.3 is 4.74 Å². The summed E-state index contributed by atoms with van der Waals surface area (Å²) in [5.74, 6) is -1.86. The van der Waals surface area contributed by atoms with Crippen molar-refractivity contribution >= 4 is 10.0 Å². The predicted molar refractivity (Wildman–Crippen MR) is 127 cm³/mol. The molecule has 0 radical (unpaired) electrons. The maximum atomic E-state index is 14.0. The number of hydrogen-bond donors (Lipinski definition) is 0. The van der Waals surface area contributed by atoms with Gasteiger partial charge in [-0.2, -0.15) is 17.5 Å². The molecule has 4 rings (SSSR count). The van der Waals surface area contributed by atoms with Gasteiger partial charge in [0.15, 0.2) is 0 Å². The number of hydrogen-bond acceptors (Lipinski definition) is 4. The van der Waals surface area contributed by atoms with Crippen LogP contribution in [-0.4, -0.2) is 57.0 Å². The Balaban J connectivity index is 1.39. The van der Waals surface area contributed by atoms with Crippen molar-refractivity contribution in [2.24, 2.45) is 0 Å². The van der Waals surface area contributed by atoms with E-state index in [2.05, 4.69) is 0 Å². The fourth-order valence-corrected chi connectivity index (χ4v) is 5.70. The SMILES string of the molecule is O=S(=O)(c1cc(F)ccc1F)N1CCN(CCO[C@H](c2ccccc2)c2cccc(C(F)(F)F)c2)CC1. The number of rotatable bonds is 8. The topological polar surface area (TPSA) is 49.9 Å². The van der Waals surface area contributed by atoms with Crippen LogP contribution in [0.3, 0.4) is 0 Å². The number of sulfonamides is 1. The van der Waals surface area contributed by atoms with Crippen LogP contribution in [-0.2, 0) is 20.9 Å². The van der Waals surface area contributed by atoms with Gasteiger partial charge in [0.05, 0.1) is 12.2 Å². The third-order valence-electron chi connectivity index (χ3n) is 6.15. The van der Waals surface area contributed by atoms with Crippen molar-refractivity contribution in [1.82, 2.24) is 9.21 Å². The molecule has 0 saturated carbocycles. The largest absolute Gasteiger partial charge is 0.416 e. The summed E-state index contributed by atoms with van der Waals surface area (Å²) in [5, 5.41) is 0. The maximum Gasteiger partial charge on any atom is 0.416 e. The number of halogens is 5. The summed E-state index contributed by atoms with van der Waals surface area (Å²) in [7, 11) is -4.19. The van der Waals surface area contributed by atoms with Gasteiger partial charge in [-0.15, -0.1) is 0 Å². The molecule has 0 N–H and O–H groups in total. The molecule has 0 aliphatic carbocycles. The maximum absolute atomic E-state index is 14.0. The highest BCUT2D eigenvalue weighted by Crippen LogP contribution is 2.33. The molecule has 1 atom stereocenters. The molecule has 1 aliphatic rings. The zero-order valence-electron chi connectivity index (χ0n) is 19.7. The quantitative estimate of drug-likeness (QED) is 0.374. The third-order valence-corrected chi connectivity index (χ3v) is 8.07. The lowest BCUT2D eigenvalue weighted by atomic mass is 9.99. The van der Waals surface area contributed by atoms with Gasteiger partial charge in [0.2, 0.25) is 10.0 Å². The van der Waals surface area contributed by atoms with Crippen molar-refractivity contribution in [2.75, 3.05) is 39.3 Å². The number of alkyl halides is 3. The van der Waals surface area contributed by atoms with Crippen LogP contribution in [0.25, 0.3) is 0 Å². The zero-order valence-corrected chi connectivity index (χ0v) is 20.5. The van der Waals surface area contributed by atoms with E-state index in [0.717, 1.165) is 28.6 Å². The van der Waals surface area contributed by atoms with Gasteiger partial charge in [0, 0.05) is 32.7 Å². The molecule has 1 saturated heterocycles. The summed E-state index contributed by atoms with van der Waals surface area (Å²) < 4.78 is 100. The second-order valence-corrected chi connectivity index (χ2v) is 10.5. The zero-order chi connectivity index (χ0) is 26.6. The monoisotopic (exact) mass is 540 g/mol. The lowest BCUT2D eigenvalue weighted by molar-refractivity contribution is -0.137. The molecule has 0 aromatic heterocycles. The molecular formula is C26H25F5N2O3S. The summed E-state index contributed by atoms with van der Waals surface area (Å²) >= 11 is 0. The summed E-state index contributed by atoms with van der Waals surface area (Å²) in [6.45, 7) is 1.41. The van der Waals surface area contributed by atoms with Crippen LogP contribution in [0.1, 0.15) is 22.8 Å². The fraction of sp³-hybridized carbons (Fsp3) is 0.308. The molecule has 11 heteroatoms. The minimum absolute atomic E-state index is 0.0774. The van der Waals surface area contributed by atoms with Crippen LogP contribution in [0.15, 0.2) is 77.7 Å². The molecule has 5 nitrogen and oxygen atoms in total. The average molecular weight is 541 g/mol. The molecule has 0 amide bonds. The van der Waals surface area contributed by atoms with E-state index < -0.39 is 44.4 Å². The first-order valence-corrected chi connectivity index (χ1v) is 13.0. The van der Waals surface area contributed by atoms with E-state index in [0.29, 0.717) is 36.8 Å². The van der Waals surface area contributed by atoms with Crippen molar-refractivity contribution in [2.45, 2.75) is 17.2 Å². The van der Waals surface area contributed by atoms with E-state index in [9.17, 15) is 30.4 Å². The first kappa shape index (κ1) is 27.2. The molecule has 1 fully saturated rings. The predicted octanol–water partition coefficient (Wildman–Crippen LogP) is 5.10. The van der Waals surface area contributed by atoms with Crippen LogP contribution >= 0.6 is 0 Å².